The molecule has 20 heavy (non-hydrogen) atoms. The molecule has 2 nitrogen and oxygen atoms in total. The fourth-order valence-electron chi connectivity index (χ4n) is 2.21. The van der Waals surface area contributed by atoms with Crippen LogP contribution >= 0.6 is 22.7 Å². The van der Waals surface area contributed by atoms with Crippen LogP contribution in [0.5, 0.6) is 0 Å². The van der Waals surface area contributed by atoms with Gasteiger partial charge in [0.1, 0.15) is 5.01 Å². The third-order valence-electron chi connectivity index (χ3n) is 3.45. The van der Waals surface area contributed by atoms with E-state index >= 15 is 0 Å². The van der Waals surface area contributed by atoms with E-state index in [4.69, 9.17) is 0 Å². The molecule has 0 bridgehead atoms. The number of thiophene rings is 1. The predicted octanol–water partition coefficient (Wildman–Crippen LogP) is 4.77. The van der Waals surface area contributed by atoms with Gasteiger partial charge in [-0.2, -0.15) is 0 Å². The highest BCUT2D eigenvalue weighted by Crippen LogP contribution is 2.26. The monoisotopic (exact) mass is 302 g/mol. The van der Waals surface area contributed by atoms with Crippen LogP contribution < -0.4 is 5.32 Å². The van der Waals surface area contributed by atoms with Gasteiger partial charge in [-0.25, -0.2) is 4.98 Å². The van der Waals surface area contributed by atoms with Crippen LogP contribution in [0, 0.1) is 0 Å². The lowest BCUT2D eigenvalue weighted by molar-refractivity contribution is 0.574. The number of aromatic nitrogens is 1. The molecule has 1 aromatic carbocycles. The van der Waals surface area contributed by atoms with E-state index in [0.717, 1.165) is 13.0 Å². The third-order valence-corrected chi connectivity index (χ3v) is 5.79. The largest absolute Gasteiger partial charge is 0.304 e. The molecule has 4 heteroatoms. The number of fused-ring (bicyclic) bond motifs is 1. The number of rotatable bonds is 5. The number of aryl methyl sites for hydroxylation is 1. The van der Waals surface area contributed by atoms with Crippen LogP contribution in [-0.4, -0.2) is 4.98 Å². The van der Waals surface area contributed by atoms with Crippen molar-refractivity contribution in [3.63, 3.8) is 0 Å². The smallest absolute Gasteiger partial charge is 0.109 e. The average molecular weight is 302 g/mol. The van der Waals surface area contributed by atoms with Crippen molar-refractivity contribution in [3.05, 3.63) is 51.3 Å². The van der Waals surface area contributed by atoms with Crippen molar-refractivity contribution in [2.45, 2.75) is 32.9 Å². The standard InChI is InChI=1S/C16H18N2S2/c1-3-13-9-18-16(20-13)11(2)17-8-12-10-19-15-7-5-4-6-14(12)15/h4-7,9-11,17H,3,8H2,1-2H3. The molecule has 0 saturated heterocycles. The minimum absolute atomic E-state index is 0.305. The maximum Gasteiger partial charge on any atom is 0.109 e. The van der Waals surface area contributed by atoms with E-state index in [-0.39, 0.29) is 0 Å². The lowest BCUT2D eigenvalue weighted by atomic mass is 10.2. The van der Waals surface area contributed by atoms with E-state index in [1.54, 1.807) is 0 Å². The molecule has 0 aliphatic carbocycles. The Morgan fingerprint density at radius 2 is 2.15 bits per heavy atom. The molecular weight excluding hydrogens is 284 g/mol. The number of hydrogen-bond acceptors (Lipinski definition) is 4. The van der Waals surface area contributed by atoms with E-state index < -0.39 is 0 Å². The SMILES string of the molecule is CCc1cnc(C(C)NCc2csc3ccccc23)s1. The van der Waals surface area contributed by atoms with Crippen molar-refractivity contribution in [2.24, 2.45) is 0 Å². The Bertz CT molecular complexity index is 699. The number of hydrogen-bond donors (Lipinski definition) is 1. The first-order valence-electron chi connectivity index (χ1n) is 6.91. The van der Waals surface area contributed by atoms with Gasteiger partial charge >= 0.3 is 0 Å². The first-order chi connectivity index (χ1) is 9.78. The molecule has 0 aliphatic rings. The molecule has 2 aromatic heterocycles. The second-order valence-electron chi connectivity index (χ2n) is 4.88. The zero-order valence-electron chi connectivity index (χ0n) is 11.7. The summed E-state index contributed by atoms with van der Waals surface area (Å²) in [6.07, 6.45) is 3.07. The summed E-state index contributed by atoms with van der Waals surface area (Å²) in [4.78, 5) is 5.86. The molecule has 0 radical (unpaired) electrons. The highest BCUT2D eigenvalue weighted by Gasteiger charge is 2.11. The van der Waals surface area contributed by atoms with E-state index in [9.17, 15) is 0 Å². The highest BCUT2D eigenvalue weighted by molar-refractivity contribution is 7.17. The Morgan fingerprint density at radius 3 is 2.95 bits per heavy atom. The second-order valence-corrected chi connectivity index (χ2v) is 6.94. The average Bonchev–Trinajstić information content (AvgIpc) is 3.11. The summed E-state index contributed by atoms with van der Waals surface area (Å²) in [5.74, 6) is 0. The maximum absolute atomic E-state index is 4.51. The molecule has 3 rings (SSSR count). The molecule has 0 amide bonds. The number of nitrogens with zero attached hydrogens (tertiary/aromatic N) is 1. The van der Waals surface area contributed by atoms with Gasteiger partial charge in [0.05, 0.1) is 6.04 Å². The van der Waals surface area contributed by atoms with Crippen LogP contribution in [0.1, 0.15) is 35.3 Å². The zero-order chi connectivity index (χ0) is 13.9. The highest BCUT2D eigenvalue weighted by atomic mass is 32.1. The quantitative estimate of drug-likeness (QED) is 0.734. The minimum Gasteiger partial charge on any atom is -0.304 e. The van der Waals surface area contributed by atoms with Gasteiger partial charge in [0.2, 0.25) is 0 Å². The lowest BCUT2D eigenvalue weighted by Crippen LogP contribution is -2.17. The van der Waals surface area contributed by atoms with Gasteiger partial charge in [-0.3, -0.25) is 0 Å². The number of nitrogens with one attached hydrogen (secondary N) is 1. The van der Waals surface area contributed by atoms with E-state index in [0.29, 0.717) is 6.04 Å². The van der Waals surface area contributed by atoms with Gasteiger partial charge in [-0.1, -0.05) is 25.1 Å². The summed E-state index contributed by atoms with van der Waals surface area (Å²) in [5.41, 5.74) is 1.38. The number of benzene rings is 1. The zero-order valence-corrected chi connectivity index (χ0v) is 13.4. The van der Waals surface area contributed by atoms with Gasteiger partial charge in [0.15, 0.2) is 0 Å². The molecule has 0 aliphatic heterocycles. The first-order valence-corrected chi connectivity index (χ1v) is 8.60. The van der Waals surface area contributed by atoms with Crippen molar-refractivity contribution in [1.82, 2.24) is 10.3 Å². The van der Waals surface area contributed by atoms with E-state index in [1.165, 1.54) is 25.5 Å². The molecule has 1 N–H and O–H groups in total. The maximum atomic E-state index is 4.51. The Balaban J connectivity index is 1.69. The van der Waals surface area contributed by atoms with Gasteiger partial charge < -0.3 is 5.32 Å². The van der Waals surface area contributed by atoms with E-state index in [1.807, 2.05) is 28.9 Å². The molecule has 1 unspecified atom stereocenters. The van der Waals surface area contributed by atoms with E-state index in [2.05, 4.69) is 53.8 Å². The van der Waals surface area contributed by atoms with Crippen LogP contribution in [0.3, 0.4) is 0 Å². The van der Waals surface area contributed by atoms with Crippen LogP contribution in [0.4, 0.5) is 0 Å². The topological polar surface area (TPSA) is 24.9 Å². The molecule has 3 aromatic rings. The van der Waals surface area contributed by atoms with Gasteiger partial charge in [-0.15, -0.1) is 22.7 Å². The molecular formula is C16H18N2S2. The lowest BCUT2D eigenvalue weighted by Gasteiger charge is -2.10. The molecule has 0 saturated carbocycles. The van der Waals surface area contributed by atoms with Crippen molar-refractivity contribution >= 4 is 32.8 Å². The van der Waals surface area contributed by atoms with Crippen LogP contribution in [-0.2, 0) is 13.0 Å². The van der Waals surface area contributed by atoms with Gasteiger partial charge in [0, 0.05) is 22.3 Å². The summed E-state index contributed by atoms with van der Waals surface area (Å²) < 4.78 is 1.36. The molecule has 0 fully saturated rings. The van der Waals surface area contributed by atoms with Gasteiger partial charge in [-0.05, 0) is 35.7 Å². The normalized spacial score (nSPS) is 12.9. The van der Waals surface area contributed by atoms with Crippen molar-refractivity contribution in [1.29, 1.82) is 0 Å². The summed E-state index contributed by atoms with van der Waals surface area (Å²) in [6, 6.07) is 8.89. The second kappa shape index (κ2) is 6.04. The Labute approximate surface area is 127 Å². The summed E-state index contributed by atoms with van der Waals surface area (Å²) in [7, 11) is 0. The molecule has 2 heterocycles. The first kappa shape index (κ1) is 13.7. The Kier molecular flexibility index (Phi) is 4.15. The van der Waals surface area contributed by atoms with Crippen LogP contribution in [0.2, 0.25) is 0 Å². The van der Waals surface area contributed by atoms with Crippen molar-refractivity contribution in [2.75, 3.05) is 0 Å². The summed E-state index contributed by atoms with van der Waals surface area (Å²) >= 11 is 3.63. The van der Waals surface area contributed by atoms with Crippen molar-refractivity contribution < 1.29 is 0 Å². The van der Waals surface area contributed by atoms with Crippen LogP contribution in [0.15, 0.2) is 35.8 Å². The predicted molar refractivity (Wildman–Crippen MR) is 88.6 cm³/mol. The number of thiazole rings is 1. The molecule has 0 spiro atoms. The fraction of sp³-hybridized carbons (Fsp3) is 0.312. The van der Waals surface area contributed by atoms with Crippen molar-refractivity contribution in [3.8, 4) is 0 Å². The minimum atomic E-state index is 0.305. The Morgan fingerprint density at radius 1 is 1.30 bits per heavy atom. The molecule has 1 atom stereocenters. The molecule has 104 valence electrons. The van der Waals surface area contributed by atoms with Gasteiger partial charge in [0.25, 0.3) is 0 Å². The summed E-state index contributed by atoms with van der Waals surface area (Å²) in [5, 5.41) is 8.39. The van der Waals surface area contributed by atoms with Crippen LogP contribution in [0.25, 0.3) is 10.1 Å². The fourth-order valence-corrected chi connectivity index (χ4v) is 4.05. The third kappa shape index (κ3) is 2.77. The summed E-state index contributed by atoms with van der Waals surface area (Å²) in [6.45, 7) is 5.26. The Hall–Kier alpha value is -1.23.